The Hall–Kier alpha value is -3.73. The average molecular weight is 541 g/mol. The van der Waals surface area contributed by atoms with Crippen molar-refractivity contribution < 1.29 is 9.72 Å². The number of hydrogen-bond acceptors (Lipinski definition) is 7. The van der Waals surface area contributed by atoms with E-state index in [1.54, 1.807) is 18.2 Å². The van der Waals surface area contributed by atoms with E-state index >= 15 is 0 Å². The lowest BCUT2D eigenvalue weighted by Crippen LogP contribution is -2.20. The SMILES string of the molecule is Cc1ccc(-c2nnc(SCC(=O)N/N=C\c3ccc(Cl)c([N+](=O)[O-])c3)n2-c2ccc(Cl)cc2)cc1. The zero-order chi connectivity index (χ0) is 25.7. The van der Waals surface area contributed by atoms with E-state index in [9.17, 15) is 14.9 Å². The Morgan fingerprint density at radius 3 is 2.53 bits per heavy atom. The molecule has 1 aromatic heterocycles. The molecule has 0 aliphatic carbocycles. The van der Waals surface area contributed by atoms with Crippen LogP contribution in [0.4, 0.5) is 5.69 Å². The van der Waals surface area contributed by atoms with Crippen LogP contribution in [0.25, 0.3) is 17.1 Å². The van der Waals surface area contributed by atoms with Crippen molar-refractivity contribution in [1.82, 2.24) is 20.2 Å². The normalized spacial score (nSPS) is 11.1. The predicted molar refractivity (Wildman–Crippen MR) is 141 cm³/mol. The van der Waals surface area contributed by atoms with Crippen molar-refractivity contribution in [2.24, 2.45) is 5.10 Å². The number of benzene rings is 3. The number of aromatic nitrogens is 3. The summed E-state index contributed by atoms with van der Waals surface area (Å²) in [5.74, 6) is 0.252. The van der Waals surface area contributed by atoms with E-state index in [1.807, 2.05) is 47.9 Å². The minimum Gasteiger partial charge on any atom is -0.272 e. The summed E-state index contributed by atoms with van der Waals surface area (Å²) in [5, 5.41) is 24.7. The van der Waals surface area contributed by atoms with E-state index in [0.29, 0.717) is 21.6 Å². The van der Waals surface area contributed by atoms with Crippen LogP contribution in [-0.2, 0) is 4.79 Å². The van der Waals surface area contributed by atoms with E-state index < -0.39 is 4.92 Å². The second-order valence-corrected chi connectivity index (χ2v) is 9.32. The van der Waals surface area contributed by atoms with Gasteiger partial charge >= 0.3 is 0 Å². The Morgan fingerprint density at radius 1 is 1.11 bits per heavy atom. The van der Waals surface area contributed by atoms with Gasteiger partial charge in [0.15, 0.2) is 11.0 Å². The lowest BCUT2D eigenvalue weighted by atomic mass is 10.1. The molecule has 12 heteroatoms. The third-order valence-corrected chi connectivity index (χ3v) is 6.43. The monoisotopic (exact) mass is 540 g/mol. The highest BCUT2D eigenvalue weighted by atomic mass is 35.5. The molecule has 0 saturated carbocycles. The molecule has 0 unspecified atom stereocenters. The molecule has 9 nitrogen and oxygen atoms in total. The minimum absolute atomic E-state index is 0.0116. The summed E-state index contributed by atoms with van der Waals surface area (Å²) in [7, 11) is 0. The topological polar surface area (TPSA) is 115 Å². The Kier molecular flexibility index (Phi) is 7.99. The van der Waals surface area contributed by atoms with Gasteiger partial charge < -0.3 is 0 Å². The van der Waals surface area contributed by atoms with E-state index in [2.05, 4.69) is 20.7 Å². The molecule has 36 heavy (non-hydrogen) atoms. The summed E-state index contributed by atoms with van der Waals surface area (Å²) in [6, 6.07) is 19.4. The number of aryl methyl sites for hydroxylation is 1. The second kappa shape index (κ2) is 11.3. The van der Waals surface area contributed by atoms with Gasteiger partial charge in [0, 0.05) is 27.9 Å². The quantitative estimate of drug-likeness (QED) is 0.132. The number of nitro groups is 1. The Bertz CT molecular complexity index is 1440. The molecule has 0 bridgehead atoms. The maximum absolute atomic E-state index is 12.4. The van der Waals surface area contributed by atoms with E-state index in [-0.39, 0.29) is 22.4 Å². The Morgan fingerprint density at radius 2 is 1.83 bits per heavy atom. The smallest absolute Gasteiger partial charge is 0.272 e. The maximum Gasteiger partial charge on any atom is 0.288 e. The molecule has 4 rings (SSSR count). The van der Waals surface area contributed by atoms with Gasteiger partial charge in [-0.3, -0.25) is 19.5 Å². The summed E-state index contributed by atoms with van der Waals surface area (Å²) < 4.78 is 1.86. The molecule has 3 aromatic carbocycles. The molecule has 0 fully saturated rings. The maximum atomic E-state index is 12.4. The summed E-state index contributed by atoms with van der Waals surface area (Å²) in [4.78, 5) is 22.8. The number of thioether (sulfide) groups is 1. The van der Waals surface area contributed by atoms with Crippen LogP contribution in [0.3, 0.4) is 0 Å². The molecule has 0 radical (unpaired) electrons. The standard InChI is InChI=1S/C24H18Cl2N6O3S/c1-15-2-5-17(6-3-15)23-29-30-24(31(23)19-9-7-18(25)8-10-19)36-14-22(33)28-27-13-16-4-11-20(26)21(12-16)32(34)35/h2-13H,14H2,1H3,(H,28,33)/b27-13-. The van der Waals surface area contributed by atoms with Crippen LogP contribution in [0.1, 0.15) is 11.1 Å². The molecule has 0 saturated heterocycles. The van der Waals surface area contributed by atoms with Gasteiger partial charge in [0.05, 0.1) is 16.9 Å². The summed E-state index contributed by atoms with van der Waals surface area (Å²) in [5.41, 5.74) is 5.38. The van der Waals surface area contributed by atoms with Gasteiger partial charge in [0.25, 0.3) is 11.6 Å². The van der Waals surface area contributed by atoms with Gasteiger partial charge in [-0.1, -0.05) is 70.9 Å². The first kappa shape index (κ1) is 25.4. The third kappa shape index (κ3) is 6.09. The van der Waals surface area contributed by atoms with E-state index in [0.717, 1.165) is 16.8 Å². The zero-order valence-corrected chi connectivity index (χ0v) is 21.1. The molecule has 0 aliphatic rings. The minimum atomic E-state index is -0.587. The fourth-order valence-corrected chi connectivity index (χ4v) is 4.22. The van der Waals surface area contributed by atoms with Crippen molar-refractivity contribution in [3.05, 3.63) is 98.0 Å². The number of rotatable bonds is 8. The van der Waals surface area contributed by atoms with Gasteiger partial charge in [-0.2, -0.15) is 5.10 Å². The molecule has 0 atom stereocenters. The molecular weight excluding hydrogens is 523 g/mol. The number of nitrogens with zero attached hydrogens (tertiary/aromatic N) is 5. The number of nitrogens with one attached hydrogen (secondary N) is 1. The summed E-state index contributed by atoms with van der Waals surface area (Å²) >= 11 is 13.1. The number of hydrazone groups is 1. The number of nitro benzene ring substituents is 1. The van der Waals surface area contributed by atoms with Crippen molar-refractivity contribution in [3.8, 4) is 17.1 Å². The second-order valence-electron chi connectivity index (χ2n) is 7.53. The average Bonchev–Trinajstić information content (AvgIpc) is 3.28. The van der Waals surface area contributed by atoms with E-state index in [1.165, 1.54) is 30.1 Å². The largest absolute Gasteiger partial charge is 0.288 e. The first-order valence-electron chi connectivity index (χ1n) is 10.5. The highest BCUT2D eigenvalue weighted by Gasteiger charge is 2.17. The van der Waals surface area contributed by atoms with Crippen molar-refractivity contribution in [2.75, 3.05) is 5.75 Å². The van der Waals surface area contributed by atoms with Gasteiger partial charge in [-0.05, 0) is 37.3 Å². The van der Waals surface area contributed by atoms with Crippen LogP contribution in [0.5, 0.6) is 0 Å². The number of hydrogen-bond donors (Lipinski definition) is 1. The van der Waals surface area contributed by atoms with Gasteiger partial charge in [-0.25, -0.2) is 5.43 Å². The molecular formula is C24H18Cl2N6O3S. The highest BCUT2D eigenvalue weighted by Crippen LogP contribution is 2.29. The van der Waals surface area contributed by atoms with E-state index in [4.69, 9.17) is 23.2 Å². The lowest BCUT2D eigenvalue weighted by molar-refractivity contribution is -0.384. The predicted octanol–water partition coefficient (Wildman–Crippen LogP) is 5.70. The fourth-order valence-electron chi connectivity index (χ4n) is 3.17. The van der Waals surface area contributed by atoms with Crippen molar-refractivity contribution >= 4 is 52.8 Å². The highest BCUT2D eigenvalue weighted by molar-refractivity contribution is 7.99. The van der Waals surface area contributed by atoms with Gasteiger partial charge in [-0.15, -0.1) is 10.2 Å². The third-order valence-electron chi connectivity index (χ3n) is 4.93. The summed E-state index contributed by atoms with van der Waals surface area (Å²) in [6.07, 6.45) is 1.30. The Labute approximate surface area is 220 Å². The molecule has 182 valence electrons. The van der Waals surface area contributed by atoms with Crippen LogP contribution in [0, 0.1) is 17.0 Å². The number of carbonyl (C=O) groups is 1. The zero-order valence-electron chi connectivity index (χ0n) is 18.8. The van der Waals surface area contributed by atoms with Gasteiger partial charge in [0.1, 0.15) is 5.02 Å². The fraction of sp³-hybridized carbons (Fsp3) is 0.0833. The molecule has 0 aliphatic heterocycles. The van der Waals surface area contributed by atoms with Crippen molar-refractivity contribution in [1.29, 1.82) is 0 Å². The first-order chi connectivity index (χ1) is 17.3. The number of halogens is 2. The number of carbonyl (C=O) groups excluding carboxylic acids is 1. The van der Waals surface area contributed by atoms with Crippen molar-refractivity contribution in [3.63, 3.8) is 0 Å². The van der Waals surface area contributed by atoms with Crippen LogP contribution in [-0.4, -0.2) is 37.6 Å². The van der Waals surface area contributed by atoms with Gasteiger partial charge in [0.2, 0.25) is 0 Å². The Balaban J connectivity index is 1.49. The lowest BCUT2D eigenvalue weighted by Gasteiger charge is -2.10. The molecule has 4 aromatic rings. The molecule has 0 spiro atoms. The van der Waals surface area contributed by atoms with Crippen LogP contribution in [0.2, 0.25) is 10.0 Å². The van der Waals surface area contributed by atoms with Crippen LogP contribution >= 0.6 is 35.0 Å². The number of amides is 1. The summed E-state index contributed by atoms with van der Waals surface area (Å²) in [6.45, 7) is 2.00. The molecule has 1 amide bonds. The van der Waals surface area contributed by atoms with Crippen molar-refractivity contribution in [2.45, 2.75) is 12.1 Å². The molecule has 1 N–H and O–H groups in total. The van der Waals surface area contributed by atoms with Crippen LogP contribution < -0.4 is 5.43 Å². The van der Waals surface area contributed by atoms with Crippen LogP contribution in [0.15, 0.2) is 77.0 Å². The molecule has 1 heterocycles. The first-order valence-corrected chi connectivity index (χ1v) is 12.2.